The van der Waals surface area contributed by atoms with Gasteiger partial charge in [0, 0.05) is 18.5 Å². The van der Waals surface area contributed by atoms with E-state index in [1.165, 1.54) is 32.1 Å². The van der Waals surface area contributed by atoms with E-state index in [-0.39, 0.29) is 5.75 Å². The molecule has 0 bridgehead atoms. The van der Waals surface area contributed by atoms with Gasteiger partial charge in [-0.05, 0) is 37.1 Å². The molecule has 2 aromatic rings. The zero-order chi connectivity index (χ0) is 14.7. The molecule has 1 fully saturated rings. The van der Waals surface area contributed by atoms with Crippen LogP contribution in [0.25, 0.3) is 11.3 Å². The van der Waals surface area contributed by atoms with E-state index in [1.807, 2.05) is 19.2 Å². The monoisotopic (exact) mass is 283 g/mol. The summed E-state index contributed by atoms with van der Waals surface area (Å²) in [4.78, 5) is 9.40. The van der Waals surface area contributed by atoms with Gasteiger partial charge in [0.2, 0.25) is 0 Å². The average molecular weight is 283 g/mol. The van der Waals surface area contributed by atoms with Gasteiger partial charge in [-0.15, -0.1) is 0 Å². The molecule has 1 aliphatic rings. The van der Waals surface area contributed by atoms with Crippen molar-refractivity contribution in [3.63, 3.8) is 0 Å². The lowest BCUT2D eigenvalue weighted by molar-refractivity contribution is 0.437. The molecule has 0 radical (unpaired) electrons. The van der Waals surface area contributed by atoms with E-state index in [4.69, 9.17) is 4.98 Å². The molecule has 21 heavy (non-hydrogen) atoms. The number of aromatic nitrogens is 2. The van der Waals surface area contributed by atoms with Crippen LogP contribution in [0.3, 0.4) is 0 Å². The Balaban J connectivity index is 1.97. The molecule has 1 heterocycles. The maximum Gasteiger partial charge on any atom is 0.147 e. The molecule has 2 N–H and O–H groups in total. The molecule has 4 nitrogen and oxygen atoms in total. The second-order valence-electron chi connectivity index (χ2n) is 5.62. The van der Waals surface area contributed by atoms with Gasteiger partial charge in [-0.25, -0.2) is 9.97 Å². The minimum atomic E-state index is 0.269. The van der Waals surface area contributed by atoms with Crippen LogP contribution >= 0.6 is 0 Å². The second-order valence-corrected chi connectivity index (χ2v) is 5.62. The summed E-state index contributed by atoms with van der Waals surface area (Å²) in [6.07, 6.45) is 8.07. The minimum Gasteiger partial charge on any atom is -0.508 e. The van der Waals surface area contributed by atoms with Gasteiger partial charge in [-0.1, -0.05) is 19.3 Å². The highest BCUT2D eigenvalue weighted by atomic mass is 16.3. The van der Waals surface area contributed by atoms with Crippen LogP contribution in [-0.2, 0) is 0 Å². The summed E-state index contributed by atoms with van der Waals surface area (Å²) in [5.41, 5.74) is 2.94. The van der Waals surface area contributed by atoms with Gasteiger partial charge < -0.3 is 10.4 Å². The largest absolute Gasteiger partial charge is 0.508 e. The lowest BCUT2D eigenvalue weighted by Gasteiger charge is -2.23. The Morgan fingerprint density at radius 2 is 1.81 bits per heavy atom. The molecule has 0 aliphatic heterocycles. The van der Waals surface area contributed by atoms with Crippen molar-refractivity contribution < 1.29 is 5.11 Å². The highest BCUT2D eigenvalue weighted by Gasteiger charge is 2.21. The summed E-state index contributed by atoms with van der Waals surface area (Å²) in [6, 6.07) is 7.12. The molecule has 1 saturated carbocycles. The van der Waals surface area contributed by atoms with Crippen LogP contribution in [0, 0.1) is 0 Å². The lowest BCUT2D eigenvalue weighted by Crippen LogP contribution is -2.11. The summed E-state index contributed by atoms with van der Waals surface area (Å²) in [5, 5.41) is 12.6. The predicted octanol–water partition coefficient (Wildman–Crippen LogP) is 3.94. The molecule has 1 aromatic heterocycles. The summed E-state index contributed by atoms with van der Waals surface area (Å²) in [7, 11) is 1.90. The van der Waals surface area contributed by atoms with Gasteiger partial charge in [0.1, 0.15) is 11.6 Å². The topological polar surface area (TPSA) is 58.0 Å². The van der Waals surface area contributed by atoms with Gasteiger partial charge in [0.05, 0.1) is 17.6 Å². The van der Waals surface area contributed by atoms with E-state index >= 15 is 0 Å². The quantitative estimate of drug-likeness (QED) is 0.895. The van der Waals surface area contributed by atoms with Crippen LogP contribution in [0.1, 0.15) is 43.7 Å². The molecule has 0 saturated heterocycles. The Morgan fingerprint density at radius 3 is 2.48 bits per heavy atom. The highest BCUT2D eigenvalue weighted by molar-refractivity contribution is 5.61. The van der Waals surface area contributed by atoms with Crippen molar-refractivity contribution in [3.8, 4) is 17.0 Å². The smallest absolute Gasteiger partial charge is 0.147 e. The number of phenols is 1. The maximum atomic E-state index is 9.40. The first kappa shape index (κ1) is 13.9. The third-order valence-corrected chi connectivity index (χ3v) is 4.19. The summed E-state index contributed by atoms with van der Waals surface area (Å²) < 4.78 is 0. The summed E-state index contributed by atoms with van der Waals surface area (Å²) >= 11 is 0. The number of nitrogens with zero attached hydrogens (tertiary/aromatic N) is 2. The van der Waals surface area contributed by atoms with Crippen LogP contribution < -0.4 is 5.32 Å². The molecule has 1 aliphatic carbocycles. The van der Waals surface area contributed by atoms with E-state index in [0.717, 1.165) is 22.8 Å². The van der Waals surface area contributed by atoms with E-state index in [0.29, 0.717) is 5.92 Å². The Hall–Kier alpha value is -2.10. The molecule has 0 unspecified atom stereocenters. The number of aromatic hydroxyl groups is 1. The summed E-state index contributed by atoms with van der Waals surface area (Å²) in [6.45, 7) is 0. The highest BCUT2D eigenvalue weighted by Crippen LogP contribution is 2.35. The summed E-state index contributed by atoms with van der Waals surface area (Å²) in [5.74, 6) is 1.67. The zero-order valence-electron chi connectivity index (χ0n) is 12.3. The third kappa shape index (κ3) is 2.99. The Morgan fingerprint density at radius 1 is 1.10 bits per heavy atom. The first-order valence-electron chi connectivity index (χ1n) is 7.62. The van der Waals surface area contributed by atoms with Gasteiger partial charge in [0.25, 0.3) is 0 Å². The normalized spacial score (nSPS) is 15.9. The fraction of sp³-hybridized carbons (Fsp3) is 0.412. The molecular formula is C17H21N3O. The van der Waals surface area contributed by atoms with Crippen molar-refractivity contribution in [2.45, 2.75) is 38.0 Å². The standard InChI is InChI=1S/C17H21N3O/c1-18-17-16(13-5-3-2-4-6-13)20-15(11-19-17)12-7-9-14(21)10-8-12/h7-11,13,21H,2-6H2,1H3,(H,18,19). The van der Waals surface area contributed by atoms with Crippen LogP contribution in [0.4, 0.5) is 5.82 Å². The molecular weight excluding hydrogens is 262 g/mol. The number of nitrogens with one attached hydrogen (secondary N) is 1. The van der Waals surface area contributed by atoms with E-state index < -0.39 is 0 Å². The Labute approximate surface area is 125 Å². The molecule has 0 amide bonds. The minimum absolute atomic E-state index is 0.269. The van der Waals surface area contributed by atoms with E-state index in [9.17, 15) is 5.11 Å². The van der Waals surface area contributed by atoms with Crippen molar-refractivity contribution in [1.29, 1.82) is 0 Å². The van der Waals surface area contributed by atoms with Gasteiger partial charge in [-0.2, -0.15) is 0 Å². The van der Waals surface area contributed by atoms with Crippen molar-refractivity contribution in [3.05, 3.63) is 36.2 Å². The van der Waals surface area contributed by atoms with Crippen LogP contribution in [0.2, 0.25) is 0 Å². The average Bonchev–Trinajstić information content (AvgIpc) is 2.56. The van der Waals surface area contributed by atoms with Crippen LogP contribution in [0.15, 0.2) is 30.5 Å². The second kappa shape index (κ2) is 6.12. The molecule has 0 spiro atoms. The zero-order valence-corrected chi connectivity index (χ0v) is 12.3. The number of rotatable bonds is 3. The third-order valence-electron chi connectivity index (χ3n) is 4.19. The van der Waals surface area contributed by atoms with Crippen molar-refractivity contribution in [1.82, 2.24) is 9.97 Å². The van der Waals surface area contributed by atoms with Crippen molar-refractivity contribution in [2.75, 3.05) is 12.4 Å². The van der Waals surface area contributed by atoms with Crippen LogP contribution in [-0.4, -0.2) is 22.1 Å². The number of hydrogen-bond acceptors (Lipinski definition) is 4. The number of anilines is 1. The SMILES string of the molecule is CNc1ncc(-c2ccc(O)cc2)nc1C1CCCCC1. The fourth-order valence-electron chi connectivity index (χ4n) is 3.03. The van der Waals surface area contributed by atoms with Gasteiger partial charge in [-0.3, -0.25) is 0 Å². The van der Waals surface area contributed by atoms with Crippen molar-refractivity contribution >= 4 is 5.82 Å². The molecule has 0 atom stereocenters. The first-order valence-corrected chi connectivity index (χ1v) is 7.62. The van der Waals surface area contributed by atoms with E-state index in [2.05, 4.69) is 10.3 Å². The van der Waals surface area contributed by atoms with E-state index in [1.54, 1.807) is 18.3 Å². The Bertz CT molecular complexity index is 604. The number of hydrogen-bond donors (Lipinski definition) is 2. The Kier molecular flexibility index (Phi) is 4.04. The van der Waals surface area contributed by atoms with Gasteiger partial charge in [0.15, 0.2) is 0 Å². The maximum absolute atomic E-state index is 9.40. The fourth-order valence-corrected chi connectivity index (χ4v) is 3.03. The molecule has 4 heteroatoms. The molecule has 3 rings (SSSR count). The predicted molar refractivity (Wildman–Crippen MR) is 84.5 cm³/mol. The first-order chi connectivity index (χ1) is 10.3. The molecule has 1 aromatic carbocycles. The van der Waals surface area contributed by atoms with Crippen molar-refractivity contribution in [2.24, 2.45) is 0 Å². The van der Waals surface area contributed by atoms with Crippen LogP contribution in [0.5, 0.6) is 5.75 Å². The van der Waals surface area contributed by atoms with Gasteiger partial charge >= 0.3 is 0 Å². The molecule has 110 valence electrons. The number of benzene rings is 1. The number of phenolic OH excluding ortho intramolecular Hbond substituents is 1. The lowest BCUT2D eigenvalue weighted by atomic mass is 9.86.